The summed E-state index contributed by atoms with van der Waals surface area (Å²) in [6.07, 6.45) is 18.5. The van der Waals surface area contributed by atoms with Crippen LogP contribution in [0.2, 0.25) is 0 Å². The SMILES string of the molecule is CCCCCCN1c2ccccc2Sc2cc(C=Cc3cc(C=Cc4ccc5c(c4)Sc4ccccc4N5CCCCCC)cc(COc4ccccc4C(=O)O)c3)ccc21. The van der Waals surface area contributed by atoms with E-state index in [-0.39, 0.29) is 12.2 Å². The number of aromatic carboxylic acids is 1. The first kappa shape index (κ1) is 42.1. The number of anilines is 4. The lowest BCUT2D eigenvalue weighted by Crippen LogP contribution is -2.22. The summed E-state index contributed by atoms with van der Waals surface area (Å²) in [5.41, 5.74) is 10.6. The molecule has 6 aromatic rings. The van der Waals surface area contributed by atoms with E-state index in [1.165, 1.54) is 93.7 Å². The van der Waals surface area contributed by atoms with Crippen molar-refractivity contribution in [3.05, 3.63) is 161 Å². The van der Waals surface area contributed by atoms with Crippen molar-refractivity contribution in [2.75, 3.05) is 22.9 Å². The highest BCUT2D eigenvalue weighted by Gasteiger charge is 2.24. The van der Waals surface area contributed by atoms with Crippen molar-refractivity contribution in [1.29, 1.82) is 0 Å². The predicted octanol–water partition coefficient (Wildman–Crippen LogP) is 15.7. The minimum Gasteiger partial charge on any atom is -0.488 e. The molecule has 2 aliphatic heterocycles. The zero-order chi connectivity index (χ0) is 42.0. The second kappa shape index (κ2) is 20.3. The number of benzene rings is 6. The van der Waals surface area contributed by atoms with Crippen LogP contribution in [0.4, 0.5) is 22.7 Å². The fraction of sp³-hybridized carbons (Fsp3) is 0.241. The molecule has 310 valence electrons. The number of rotatable bonds is 18. The van der Waals surface area contributed by atoms with Gasteiger partial charge < -0.3 is 19.6 Å². The van der Waals surface area contributed by atoms with Gasteiger partial charge in [-0.15, -0.1) is 0 Å². The van der Waals surface area contributed by atoms with E-state index in [0.717, 1.165) is 40.9 Å². The van der Waals surface area contributed by atoms with E-state index in [4.69, 9.17) is 4.74 Å². The average molecular weight is 843 g/mol. The molecular formula is C54H54N2O3S2. The van der Waals surface area contributed by atoms with Crippen molar-refractivity contribution in [3.63, 3.8) is 0 Å². The molecular weight excluding hydrogens is 789 g/mol. The van der Waals surface area contributed by atoms with Gasteiger partial charge in [0, 0.05) is 32.7 Å². The highest BCUT2D eigenvalue weighted by atomic mass is 32.2. The summed E-state index contributed by atoms with van der Waals surface area (Å²) in [6, 6.07) is 44.4. The molecule has 0 fully saturated rings. The molecule has 0 spiro atoms. The van der Waals surface area contributed by atoms with E-state index in [0.29, 0.717) is 5.75 Å². The van der Waals surface area contributed by atoms with Crippen molar-refractivity contribution in [1.82, 2.24) is 0 Å². The Morgan fingerprint density at radius 2 is 1.00 bits per heavy atom. The van der Waals surface area contributed by atoms with Gasteiger partial charge in [0.1, 0.15) is 17.9 Å². The monoisotopic (exact) mass is 842 g/mol. The molecule has 61 heavy (non-hydrogen) atoms. The molecule has 0 atom stereocenters. The highest BCUT2D eigenvalue weighted by molar-refractivity contribution is 8.00. The van der Waals surface area contributed by atoms with Crippen molar-refractivity contribution in [2.24, 2.45) is 0 Å². The third-order valence-corrected chi connectivity index (χ3v) is 13.5. The third kappa shape index (κ3) is 10.3. The Morgan fingerprint density at radius 1 is 0.525 bits per heavy atom. The molecule has 0 bridgehead atoms. The van der Waals surface area contributed by atoms with E-state index in [1.54, 1.807) is 24.3 Å². The van der Waals surface area contributed by atoms with Gasteiger partial charge in [-0.05, 0) is 120 Å². The molecule has 6 aromatic carbocycles. The minimum atomic E-state index is -1.01. The number of carbonyl (C=O) groups is 1. The molecule has 5 nitrogen and oxygen atoms in total. The Labute approximate surface area is 370 Å². The van der Waals surface area contributed by atoms with Crippen LogP contribution in [-0.2, 0) is 6.61 Å². The zero-order valence-corrected chi connectivity index (χ0v) is 36.8. The average Bonchev–Trinajstić information content (AvgIpc) is 3.29. The Balaban J connectivity index is 1.07. The van der Waals surface area contributed by atoms with Crippen LogP contribution in [0, 0.1) is 0 Å². The number of hydrogen-bond acceptors (Lipinski definition) is 6. The number of hydrogen-bond donors (Lipinski definition) is 1. The third-order valence-electron chi connectivity index (χ3n) is 11.3. The molecule has 0 aliphatic carbocycles. The Morgan fingerprint density at radius 3 is 1.52 bits per heavy atom. The molecule has 2 aliphatic rings. The van der Waals surface area contributed by atoms with E-state index < -0.39 is 5.97 Å². The van der Waals surface area contributed by atoms with Gasteiger partial charge in [0.05, 0.1) is 22.7 Å². The Bertz CT molecular complexity index is 2400. The number of ether oxygens (including phenoxy) is 1. The van der Waals surface area contributed by atoms with Crippen LogP contribution in [0.15, 0.2) is 147 Å². The maximum atomic E-state index is 12.0. The number of unbranched alkanes of at least 4 members (excludes halogenated alkanes) is 6. The van der Waals surface area contributed by atoms with Crippen molar-refractivity contribution in [3.8, 4) is 5.75 Å². The van der Waals surface area contributed by atoms with Crippen LogP contribution >= 0.6 is 23.5 Å². The second-order valence-corrected chi connectivity index (χ2v) is 18.0. The lowest BCUT2D eigenvalue weighted by atomic mass is 10.0. The summed E-state index contributed by atoms with van der Waals surface area (Å²) in [5.74, 6) is -0.651. The van der Waals surface area contributed by atoms with E-state index in [9.17, 15) is 9.90 Å². The molecule has 0 aromatic heterocycles. The van der Waals surface area contributed by atoms with Crippen LogP contribution < -0.4 is 14.5 Å². The fourth-order valence-electron chi connectivity index (χ4n) is 8.12. The molecule has 1 N–H and O–H groups in total. The fourth-order valence-corrected chi connectivity index (χ4v) is 10.4. The number of nitrogens with zero attached hydrogens (tertiary/aromatic N) is 2. The standard InChI is InChI=1S/C54H54N2O3S2/c1-3-5-7-15-31-55-45-18-10-13-21-50(45)60-52-36-39(27-29-47(52)55)23-25-41-33-42(35-43(34-41)38-59-49-20-12-9-17-44(49)54(57)58)26-24-40-28-30-48-53(37-40)61-51-22-14-11-19-46(51)56(48)32-16-8-6-4-2/h9-14,17-30,33-37H,3-8,15-16,31-32,38H2,1-2H3,(H,57,58). The first-order valence-corrected chi connectivity index (χ1v) is 23.4. The molecule has 0 radical (unpaired) electrons. The largest absolute Gasteiger partial charge is 0.488 e. The van der Waals surface area contributed by atoms with Crippen LogP contribution in [-0.4, -0.2) is 24.2 Å². The summed E-state index contributed by atoms with van der Waals surface area (Å²) < 4.78 is 6.16. The topological polar surface area (TPSA) is 53.0 Å². The Kier molecular flexibility index (Phi) is 14.0. The van der Waals surface area contributed by atoms with E-state index in [2.05, 4.69) is 151 Å². The molecule has 7 heteroatoms. The van der Waals surface area contributed by atoms with Crippen LogP contribution in [0.1, 0.15) is 103 Å². The van der Waals surface area contributed by atoms with Crippen molar-refractivity contribution in [2.45, 2.75) is 91.4 Å². The zero-order valence-electron chi connectivity index (χ0n) is 35.2. The van der Waals surface area contributed by atoms with Crippen molar-refractivity contribution < 1.29 is 14.6 Å². The summed E-state index contributed by atoms with van der Waals surface area (Å²) in [7, 11) is 0. The first-order valence-electron chi connectivity index (χ1n) is 21.8. The number of para-hydroxylation sites is 3. The summed E-state index contributed by atoms with van der Waals surface area (Å²) in [5, 5.41) is 9.79. The van der Waals surface area contributed by atoms with Gasteiger partial charge in [0.15, 0.2) is 0 Å². The molecule has 0 unspecified atom stereocenters. The lowest BCUT2D eigenvalue weighted by Gasteiger charge is -2.33. The van der Waals surface area contributed by atoms with Crippen LogP contribution in [0.5, 0.6) is 5.75 Å². The van der Waals surface area contributed by atoms with Crippen LogP contribution in [0.25, 0.3) is 24.3 Å². The smallest absolute Gasteiger partial charge is 0.339 e. The Hall–Kier alpha value is -5.63. The quantitative estimate of drug-likeness (QED) is 0.0683. The van der Waals surface area contributed by atoms with Gasteiger partial charge >= 0.3 is 5.97 Å². The van der Waals surface area contributed by atoms with Gasteiger partial charge in [0.25, 0.3) is 0 Å². The maximum absolute atomic E-state index is 12.0. The number of fused-ring (bicyclic) bond motifs is 4. The second-order valence-electron chi connectivity index (χ2n) is 15.8. The van der Waals surface area contributed by atoms with E-state index in [1.807, 2.05) is 23.5 Å². The van der Waals surface area contributed by atoms with Gasteiger partial charge in [0.2, 0.25) is 0 Å². The summed E-state index contributed by atoms with van der Waals surface area (Å²) in [4.78, 5) is 22.1. The number of carboxylic acids is 1. The minimum absolute atomic E-state index is 0.151. The predicted molar refractivity (Wildman–Crippen MR) is 258 cm³/mol. The van der Waals surface area contributed by atoms with Crippen molar-refractivity contribution >= 4 is 76.5 Å². The number of carboxylic acid groups (broad SMARTS) is 1. The summed E-state index contributed by atoms with van der Waals surface area (Å²) in [6.45, 7) is 6.78. The molecule has 8 rings (SSSR count). The van der Waals surface area contributed by atoms with E-state index >= 15 is 0 Å². The van der Waals surface area contributed by atoms with Gasteiger partial charge in [-0.3, -0.25) is 0 Å². The molecule has 0 saturated carbocycles. The molecule has 2 heterocycles. The highest BCUT2D eigenvalue weighted by Crippen LogP contribution is 2.50. The van der Waals surface area contributed by atoms with Gasteiger partial charge in [-0.2, -0.15) is 0 Å². The first-order chi connectivity index (χ1) is 30.0. The molecule has 0 saturated heterocycles. The summed E-state index contributed by atoms with van der Waals surface area (Å²) >= 11 is 3.69. The van der Waals surface area contributed by atoms with Crippen LogP contribution in [0.3, 0.4) is 0 Å². The van der Waals surface area contributed by atoms with Gasteiger partial charge in [-0.25, -0.2) is 4.79 Å². The lowest BCUT2D eigenvalue weighted by molar-refractivity contribution is 0.0691. The van der Waals surface area contributed by atoms with Gasteiger partial charge in [-0.1, -0.05) is 149 Å². The maximum Gasteiger partial charge on any atom is 0.339 e. The molecule has 0 amide bonds. The normalized spacial score (nSPS) is 13.0.